The Morgan fingerprint density at radius 3 is 0.627 bits per heavy atom. The molecule has 3 unspecified atom stereocenters. The average molecular weight is 2120 g/mol. The Bertz CT molecular complexity index is 6150. The predicted octanol–water partition coefficient (Wildman–Crippen LogP) is 17.8. The first-order valence-electron chi connectivity index (χ1n) is 65.5. The maximum absolute atomic E-state index is 12.9. The molecule has 15 rings (SSSR count). The van der Waals surface area contributed by atoms with E-state index in [-0.39, 0.29) is 146 Å². The molecule has 840 valence electrons. The van der Waals surface area contributed by atoms with Gasteiger partial charge in [0.25, 0.3) is 0 Å². The highest BCUT2D eigenvalue weighted by atomic mass is 16.6. The van der Waals surface area contributed by atoms with Gasteiger partial charge in [0.15, 0.2) is 57.5 Å². The molecule has 5 aromatic carbocycles. The van der Waals surface area contributed by atoms with Crippen molar-refractivity contribution >= 4 is 29.8 Å². The van der Waals surface area contributed by atoms with Gasteiger partial charge in [-0.05, 0) is 239 Å². The Hall–Kier alpha value is -8.95. The standard InChI is InChI=1S/5C24H38N2O4/c5*1-14(2)9-17-13-26-8-7-16-10-21(28-5)22(29-6)11-18(16)19(26)12-20(17)30-24(27)23(25)15(3)4/h5*10-11,14-15,17,19-20,23H,7-9,12-13,25H2,1-6H3/t5*17-,19-,20+,23+/m11111/s1/i1D3,5D3,9D2,14D;2*1D3,9D2,14D;5D3;/t3*14?,17-,19-,20+,23+;2m. The summed E-state index contributed by atoms with van der Waals surface area (Å²) in [6, 6.07) is 14.3. The Kier molecular flexibility index (Phi) is 33.4. The van der Waals surface area contributed by atoms with Crippen molar-refractivity contribution < 1.29 is 128 Å². The summed E-state index contributed by atoms with van der Waals surface area (Å²) >= 11 is 0. The van der Waals surface area contributed by atoms with Crippen molar-refractivity contribution in [3.8, 4) is 57.5 Å². The lowest BCUT2D eigenvalue weighted by molar-refractivity contribution is -0.161. The number of carbonyl (C=O) groups is 5. The van der Waals surface area contributed by atoms with Crippen LogP contribution in [0.4, 0.5) is 0 Å². The van der Waals surface area contributed by atoms with E-state index in [9.17, 15) is 24.0 Å². The third kappa shape index (κ3) is 30.2. The zero-order valence-electron chi connectivity index (χ0n) is 117. The van der Waals surface area contributed by atoms with E-state index in [0.29, 0.717) is 91.8 Å². The van der Waals surface area contributed by atoms with Crippen molar-refractivity contribution in [1.29, 1.82) is 0 Å². The van der Waals surface area contributed by atoms with Crippen LogP contribution < -0.4 is 76.0 Å². The van der Waals surface area contributed by atoms with Crippen molar-refractivity contribution in [1.82, 2.24) is 24.5 Å². The number of hydrogen-bond acceptors (Lipinski definition) is 30. The van der Waals surface area contributed by atoms with Crippen LogP contribution in [0, 0.1) is 88.7 Å². The maximum atomic E-state index is 12.9. The molecule has 23 atom stereocenters. The number of nitrogens with two attached hydrogens (primary N) is 5. The van der Waals surface area contributed by atoms with Crippen molar-refractivity contribution in [3.05, 3.63) is 116 Å². The molecule has 0 aliphatic carbocycles. The molecule has 30 nitrogen and oxygen atoms in total. The number of ether oxygens (including phenoxy) is 15. The van der Waals surface area contributed by atoms with Crippen molar-refractivity contribution in [2.24, 2.45) is 117 Å². The molecule has 0 bridgehead atoms. The largest absolute Gasteiger partial charge is 0.493 e. The van der Waals surface area contributed by atoms with E-state index in [2.05, 4.69) is 59.4 Å². The lowest BCUT2D eigenvalue weighted by Gasteiger charge is -2.47. The van der Waals surface area contributed by atoms with E-state index in [4.69, 9.17) is 133 Å². The number of carbonyl (C=O) groups excluding carboxylic acids is 5. The summed E-state index contributed by atoms with van der Waals surface area (Å²) in [6.07, 6.45) is -3.19. The molecular weight excluding hydrogens is 1900 g/mol. The van der Waals surface area contributed by atoms with Crippen LogP contribution in [-0.2, 0) is 79.8 Å². The Morgan fingerprint density at radius 1 is 0.287 bits per heavy atom. The summed E-state index contributed by atoms with van der Waals surface area (Å²) in [4.78, 5) is 75.2. The molecule has 150 heavy (non-hydrogen) atoms. The van der Waals surface area contributed by atoms with Gasteiger partial charge in [0.05, 0.1) is 79.2 Å². The zero-order valence-corrected chi connectivity index (χ0v) is 93.2. The summed E-state index contributed by atoms with van der Waals surface area (Å²) in [5.41, 5.74) is 40.6. The molecule has 5 aromatic rings. The number of rotatable bonds is 35. The first-order chi connectivity index (χ1) is 80.5. The SMILES string of the molecule is COc1cc2c(cc1OC)[C@H]1C[C@H](OC(=O)[C@@H](N)C(C)C)[C@H](CC(C)C)CN1CC2.[2H]C([2H])([2H])C([2H])(C)C([2H])([2H])[C@@H]1CN2CCc3cc(OC)c(OC)cc3[C@H]2C[C@@H]1OC(=O)[C@@H](N)C(C)C.[2H]C([2H])([2H])C([2H])(C)C([2H])([2H])[C@@H]1CN2CCc3cc(OC)c(OC)cc3[C@H]2C[C@@H]1OC(=O)[C@@H](N)C(C)C.[2H]C([2H])([2H])Oc1cc2c(cc1OC)[C@H]1C[C@H](OC(=O)[C@@H](N)C(C)C)[C@H](C([2H])([2H])C([2H])(C)C([2H])([2H])[2H])CN1CC2.[2H]C([2H])([2H])Oc1cc2c(cc1OC)[C@H]1C[C@H](OC(=O)[C@@H](N)C(C)C)[C@H](CC(C)C)CN1CC2. The van der Waals surface area contributed by atoms with Crippen LogP contribution in [-0.4, -0.2) is 251 Å². The average Bonchev–Trinajstić information content (AvgIpc) is 0.709. The third-order valence-corrected chi connectivity index (χ3v) is 31.3. The normalized spacial score (nSPS) is 29.1. The van der Waals surface area contributed by atoms with Crippen LogP contribution >= 0.6 is 0 Å². The highest BCUT2D eigenvalue weighted by molar-refractivity contribution is 5.78. The van der Waals surface area contributed by atoms with Gasteiger partial charge >= 0.3 is 29.8 Å². The summed E-state index contributed by atoms with van der Waals surface area (Å²) in [7, 11) is 7.26. The van der Waals surface area contributed by atoms with Crippen LogP contribution in [0.1, 0.15) is 321 Å². The lowest BCUT2D eigenvalue weighted by atomic mass is 9.79. The van der Waals surface area contributed by atoms with Gasteiger partial charge in [0, 0.05) is 182 Å². The van der Waals surface area contributed by atoms with E-state index < -0.39 is 156 Å². The monoisotopic (exact) mass is 2120 g/mol. The van der Waals surface area contributed by atoms with E-state index >= 15 is 0 Å². The Labute approximate surface area is 931 Å². The van der Waals surface area contributed by atoms with Gasteiger partial charge in [-0.3, -0.25) is 48.5 Å². The summed E-state index contributed by atoms with van der Waals surface area (Å²) < 4.78 is 278. The highest BCUT2D eigenvalue weighted by Gasteiger charge is 2.50. The fraction of sp³-hybridized carbons (Fsp3) is 0.708. The number of piperidine rings is 5. The van der Waals surface area contributed by atoms with Gasteiger partial charge in [-0.2, -0.15) is 0 Å². The molecule has 10 N–H and O–H groups in total. The number of esters is 5. The topological polar surface area (TPSA) is 370 Å². The third-order valence-electron chi connectivity index (χ3n) is 31.3. The number of fused-ring (bicyclic) bond motifs is 15. The quantitative estimate of drug-likeness (QED) is 0.0186. The molecule has 10 heterocycles. The lowest BCUT2D eigenvalue weighted by Crippen LogP contribution is -2.51. The van der Waals surface area contributed by atoms with E-state index in [0.717, 1.165) is 135 Å². The van der Waals surface area contributed by atoms with Crippen LogP contribution in [0.2, 0.25) is 0 Å². The minimum atomic E-state index is -2.93. The number of nitrogens with zero attached hydrogens (tertiary/aromatic N) is 5. The molecule has 0 amide bonds. The van der Waals surface area contributed by atoms with Gasteiger partial charge in [0.2, 0.25) is 0 Å². The highest BCUT2D eigenvalue weighted by Crippen LogP contribution is 2.52. The van der Waals surface area contributed by atoms with Crippen LogP contribution in [0.5, 0.6) is 57.5 Å². The fourth-order valence-corrected chi connectivity index (χ4v) is 22.7. The van der Waals surface area contributed by atoms with Crippen LogP contribution in [0.25, 0.3) is 0 Å². The number of methoxy groups -OCH3 is 10. The van der Waals surface area contributed by atoms with E-state index in [1.807, 2.05) is 62.9 Å². The minimum Gasteiger partial charge on any atom is -0.493 e. The van der Waals surface area contributed by atoms with E-state index in [1.54, 1.807) is 102 Å². The summed E-state index contributed by atoms with van der Waals surface area (Å²) in [6.45, 7) is 27.4. The molecular formula is C120H190N10O20. The summed E-state index contributed by atoms with van der Waals surface area (Å²) in [5.74, 6) is -7.37. The van der Waals surface area contributed by atoms with Crippen molar-refractivity contribution in [2.75, 3.05) is 136 Å². The van der Waals surface area contributed by atoms with Gasteiger partial charge in [-0.25, -0.2) is 0 Å². The molecule has 10 aliphatic heterocycles. The molecule has 0 saturated carbocycles. The van der Waals surface area contributed by atoms with Gasteiger partial charge in [-0.1, -0.05) is 138 Å². The zero-order chi connectivity index (χ0) is 131. The number of hydrogen-bond donors (Lipinski definition) is 5. The van der Waals surface area contributed by atoms with Crippen LogP contribution in [0.15, 0.2) is 60.7 Å². The second-order valence-corrected chi connectivity index (χ2v) is 44.4. The maximum Gasteiger partial charge on any atom is 0.323 e. The molecule has 0 aromatic heterocycles. The van der Waals surface area contributed by atoms with E-state index in [1.165, 1.54) is 25.3 Å². The molecule has 5 fully saturated rings. The first kappa shape index (κ1) is 90.3. The van der Waals surface area contributed by atoms with Crippen molar-refractivity contribution in [3.63, 3.8) is 0 Å². The smallest absolute Gasteiger partial charge is 0.323 e. The Balaban J connectivity index is 0.000000203. The van der Waals surface area contributed by atoms with Gasteiger partial charge < -0.3 is 99.7 Å². The minimum absolute atomic E-state index is 0.0115. The molecule has 5 saturated heterocycles. The first-order valence-corrected chi connectivity index (χ1v) is 53.5. The second kappa shape index (κ2) is 55.4. The molecule has 0 spiro atoms. The fourth-order valence-electron chi connectivity index (χ4n) is 22.7. The number of benzene rings is 5. The predicted molar refractivity (Wildman–Crippen MR) is 589 cm³/mol. The second-order valence-electron chi connectivity index (χ2n) is 44.4. The van der Waals surface area contributed by atoms with Gasteiger partial charge in [-0.15, -0.1) is 0 Å². The summed E-state index contributed by atoms with van der Waals surface area (Å²) in [5, 5.41) is 0. The molecule has 10 aliphatic rings. The molecule has 0 radical (unpaired) electrons. The van der Waals surface area contributed by atoms with Crippen molar-refractivity contribution in [2.45, 2.75) is 325 Å². The molecule has 30 heteroatoms. The Morgan fingerprint density at radius 2 is 0.460 bits per heavy atom. The van der Waals surface area contributed by atoms with Crippen LogP contribution in [0.3, 0.4) is 0 Å². The van der Waals surface area contributed by atoms with Gasteiger partial charge in [0.1, 0.15) is 60.7 Å².